The van der Waals surface area contributed by atoms with Crippen molar-refractivity contribution in [3.8, 4) is 5.75 Å². The first-order chi connectivity index (χ1) is 6.15. The van der Waals surface area contributed by atoms with E-state index in [1.54, 1.807) is 7.11 Å². The zero-order valence-electron chi connectivity index (χ0n) is 8.87. The van der Waals surface area contributed by atoms with E-state index in [-0.39, 0.29) is 0 Å². The first-order valence-electron chi connectivity index (χ1n) is 4.79. The van der Waals surface area contributed by atoms with Gasteiger partial charge in [-0.2, -0.15) is 0 Å². The summed E-state index contributed by atoms with van der Waals surface area (Å²) < 4.78 is 5.11. The Bertz CT molecular complexity index is 248. The molecule has 1 heteroatoms. The van der Waals surface area contributed by atoms with Gasteiger partial charge in [-0.1, -0.05) is 32.9 Å². The second kappa shape index (κ2) is 4.31. The van der Waals surface area contributed by atoms with Crippen LogP contribution in [-0.4, -0.2) is 7.11 Å². The maximum atomic E-state index is 5.11. The maximum Gasteiger partial charge on any atom is 0.118 e. The largest absolute Gasteiger partial charge is 0.497 e. The number of hydrogen-bond donors (Lipinski definition) is 0. The van der Waals surface area contributed by atoms with Crippen molar-refractivity contribution in [3.05, 3.63) is 29.8 Å². The van der Waals surface area contributed by atoms with Crippen LogP contribution >= 0.6 is 0 Å². The molecule has 0 aliphatic carbocycles. The number of methoxy groups -OCH3 is 1. The van der Waals surface area contributed by atoms with Gasteiger partial charge in [0.05, 0.1) is 7.11 Å². The maximum absolute atomic E-state index is 5.11. The van der Waals surface area contributed by atoms with Crippen LogP contribution < -0.4 is 4.74 Å². The topological polar surface area (TPSA) is 9.23 Å². The van der Waals surface area contributed by atoms with Crippen molar-refractivity contribution in [3.63, 3.8) is 0 Å². The summed E-state index contributed by atoms with van der Waals surface area (Å²) in [5, 5.41) is 0. The van der Waals surface area contributed by atoms with Gasteiger partial charge in [-0.25, -0.2) is 0 Å². The smallest absolute Gasteiger partial charge is 0.118 e. The Labute approximate surface area is 80.7 Å². The second-order valence-corrected chi connectivity index (χ2v) is 3.81. The third-order valence-electron chi connectivity index (χ3n) is 2.64. The number of rotatable bonds is 3. The fourth-order valence-corrected chi connectivity index (χ4v) is 1.29. The molecule has 0 radical (unpaired) electrons. The third-order valence-corrected chi connectivity index (χ3v) is 2.64. The lowest BCUT2D eigenvalue weighted by Gasteiger charge is -2.15. The Balaban J connectivity index is 2.79. The monoisotopic (exact) mass is 178 g/mol. The SMILES string of the molecule is COc1ccc(C(C)C(C)C)cc1. The summed E-state index contributed by atoms with van der Waals surface area (Å²) in [4.78, 5) is 0. The van der Waals surface area contributed by atoms with Gasteiger partial charge in [0.2, 0.25) is 0 Å². The molecule has 1 rings (SSSR count). The minimum atomic E-state index is 0.617. The summed E-state index contributed by atoms with van der Waals surface area (Å²) in [6.45, 7) is 6.75. The highest BCUT2D eigenvalue weighted by Crippen LogP contribution is 2.24. The van der Waals surface area contributed by atoms with Crippen LogP contribution in [0.5, 0.6) is 5.75 Å². The van der Waals surface area contributed by atoms with Crippen LogP contribution in [0.4, 0.5) is 0 Å². The van der Waals surface area contributed by atoms with Crippen LogP contribution in [-0.2, 0) is 0 Å². The van der Waals surface area contributed by atoms with E-state index in [1.807, 2.05) is 12.1 Å². The fourth-order valence-electron chi connectivity index (χ4n) is 1.29. The fraction of sp³-hybridized carbons (Fsp3) is 0.500. The molecule has 0 heterocycles. The molecule has 1 aromatic carbocycles. The van der Waals surface area contributed by atoms with Crippen molar-refractivity contribution in [2.75, 3.05) is 7.11 Å². The Morgan fingerprint density at radius 3 is 1.92 bits per heavy atom. The van der Waals surface area contributed by atoms with Gasteiger partial charge in [-0.3, -0.25) is 0 Å². The predicted molar refractivity (Wildman–Crippen MR) is 56.2 cm³/mol. The van der Waals surface area contributed by atoms with Crippen LogP contribution in [0, 0.1) is 5.92 Å². The second-order valence-electron chi connectivity index (χ2n) is 3.81. The Hall–Kier alpha value is -0.980. The molecular formula is C12H18O. The van der Waals surface area contributed by atoms with Gasteiger partial charge in [0.15, 0.2) is 0 Å². The average Bonchev–Trinajstić information content (AvgIpc) is 2.17. The summed E-state index contributed by atoms with van der Waals surface area (Å²) >= 11 is 0. The van der Waals surface area contributed by atoms with Crippen LogP contribution in [0.15, 0.2) is 24.3 Å². The van der Waals surface area contributed by atoms with Crippen molar-refractivity contribution in [1.82, 2.24) is 0 Å². The molecule has 0 spiro atoms. The molecule has 0 aromatic heterocycles. The first-order valence-corrected chi connectivity index (χ1v) is 4.79. The van der Waals surface area contributed by atoms with E-state index in [9.17, 15) is 0 Å². The predicted octanol–water partition coefficient (Wildman–Crippen LogP) is 3.45. The lowest BCUT2D eigenvalue weighted by molar-refractivity contribution is 0.414. The van der Waals surface area contributed by atoms with Gasteiger partial charge in [0.25, 0.3) is 0 Å². The van der Waals surface area contributed by atoms with E-state index >= 15 is 0 Å². The molecule has 0 amide bonds. The van der Waals surface area contributed by atoms with Gasteiger partial charge in [-0.15, -0.1) is 0 Å². The van der Waals surface area contributed by atoms with E-state index in [4.69, 9.17) is 4.74 Å². The average molecular weight is 178 g/mol. The lowest BCUT2D eigenvalue weighted by Crippen LogP contribution is -2.01. The zero-order valence-corrected chi connectivity index (χ0v) is 8.87. The van der Waals surface area contributed by atoms with Gasteiger partial charge in [-0.05, 0) is 29.5 Å². The third kappa shape index (κ3) is 2.48. The molecule has 13 heavy (non-hydrogen) atoms. The molecule has 1 aromatic rings. The van der Waals surface area contributed by atoms with Gasteiger partial charge in [0, 0.05) is 0 Å². The van der Waals surface area contributed by atoms with E-state index < -0.39 is 0 Å². The molecule has 0 saturated heterocycles. The lowest BCUT2D eigenvalue weighted by atomic mass is 9.90. The first kappa shape index (κ1) is 10.1. The van der Waals surface area contributed by atoms with Gasteiger partial charge < -0.3 is 4.74 Å². The molecule has 1 atom stereocenters. The molecule has 1 nitrogen and oxygen atoms in total. The van der Waals surface area contributed by atoms with Crippen molar-refractivity contribution in [1.29, 1.82) is 0 Å². The Morgan fingerprint density at radius 2 is 1.54 bits per heavy atom. The van der Waals surface area contributed by atoms with E-state index in [2.05, 4.69) is 32.9 Å². The number of benzene rings is 1. The van der Waals surface area contributed by atoms with Crippen LogP contribution in [0.3, 0.4) is 0 Å². The summed E-state index contributed by atoms with van der Waals surface area (Å²) in [7, 11) is 1.70. The van der Waals surface area contributed by atoms with Crippen LogP contribution in [0.25, 0.3) is 0 Å². The van der Waals surface area contributed by atoms with Gasteiger partial charge in [0.1, 0.15) is 5.75 Å². The highest BCUT2D eigenvalue weighted by molar-refractivity contribution is 5.29. The molecular weight excluding hydrogens is 160 g/mol. The number of ether oxygens (including phenoxy) is 1. The number of hydrogen-bond acceptors (Lipinski definition) is 1. The minimum Gasteiger partial charge on any atom is -0.497 e. The highest BCUT2D eigenvalue weighted by atomic mass is 16.5. The van der Waals surface area contributed by atoms with Crippen molar-refractivity contribution >= 4 is 0 Å². The molecule has 0 aliphatic rings. The van der Waals surface area contributed by atoms with Crippen LogP contribution in [0.2, 0.25) is 0 Å². The summed E-state index contributed by atoms with van der Waals surface area (Å²) in [6.07, 6.45) is 0. The van der Waals surface area contributed by atoms with Crippen molar-refractivity contribution < 1.29 is 4.74 Å². The molecule has 0 bridgehead atoms. The molecule has 1 unspecified atom stereocenters. The quantitative estimate of drug-likeness (QED) is 0.688. The summed E-state index contributed by atoms with van der Waals surface area (Å²) in [5.41, 5.74) is 1.39. The Kier molecular flexibility index (Phi) is 3.35. The van der Waals surface area contributed by atoms with Crippen molar-refractivity contribution in [2.45, 2.75) is 26.7 Å². The zero-order chi connectivity index (χ0) is 9.84. The summed E-state index contributed by atoms with van der Waals surface area (Å²) in [5.74, 6) is 2.24. The van der Waals surface area contributed by atoms with E-state index in [1.165, 1.54) is 5.56 Å². The highest BCUT2D eigenvalue weighted by Gasteiger charge is 2.08. The normalized spacial score (nSPS) is 13.0. The Morgan fingerprint density at radius 1 is 1.00 bits per heavy atom. The minimum absolute atomic E-state index is 0.617. The van der Waals surface area contributed by atoms with E-state index in [0.29, 0.717) is 11.8 Å². The molecule has 0 aliphatic heterocycles. The van der Waals surface area contributed by atoms with Crippen LogP contribution in [0.1, 0.15) is 32.3 Å². The molecule has 0 saturated carbocycles. The summed E-state index contributed by atoms with van der Waals surface area (Å²) in [6, 6.07) is 8.33. The van der Waals surface area contributed by atoms with Crippen molar-refractivity contribution in [2.24, 2.45) is 5.92 Å². The molecule has 0 N–H and O–H groups in total. The standard InChI is InChI=1S/C12H18O/c1-9(2)10(3)11-5-7-12(13-4)8-6-11/h5-10H,1-4H3. The molecule has 0 fully saturated rings. The van der Waals surface area contributed by atoms with Gasteiger partial charge >= 0.3 is 0 Å². The molecule has 72 valence electrons. The van der Waals surface area contributed by atoms with E-state index in [0.717, 1.165) is 5.75 Å².